The molecular weight excluding hydrogens is 322 g/mol. The highest BCUT2D eigenvalue weighted by atomic mass is 32.2. The molecule has 0 saturated carbocycles. The van der Waals surface area contributed by atoms with Gasteiger partial charge in [0.1, 0.15) is 5.82 Å². The van der Waals surface area contributed by atoms with Gasteiger partial charge in [0.2, 0.25) is 11.1 Å². The van der Waals surface area contributed by atoms with Gasteiger partial charge < -0.3 is 9.80 Å². The zero-order valence-electron chi connectivity index (χ0n) is 14.3. The molecule has 1 saturated heterocycles. The molecule has 0 bridgehead atoms. The molecule has 1 N–H and O–H groups in total. The molecule has 0 unspecified atom stereocenters. The van der Waals surface area contributed by atoms with Gasteiger partial charge in [0.05, 0.1) is 5.75 Å². The van der Waals surface area contributed by atoms with Crippen LogP contribution < -0.4 is 4.90 Å². The quantitative estimate of drug-likeness (QED) is 0.861. The topological polar surface area (TPSA) is 65.1 Å². The number of hydrogen-bond donors (Lipinski definition) is 1. The molecule has 6 nitrogen and oxygen atoms in total. The van der Waals surface area contributed by atoms with Gasteiger partial charge in [-0.1, -0.05) is 30.0 Å². The monoisotopic (exact) mass is 345 g/mol. The molecule has 128 valence electrons. The SMILES string of the molecule is Cc1nc(SCC(=O)N2CCN(c3ccccc3C)C[C@H]2C)n[nH]1. The first-order valence-corrected chi connectivity index (χ1v) is 9.15. The molecule has 1 aliphatic heterocycles. The summed E-state index contributed by atoms with van der Waals surface area (Å²) in [5, 5.41) is 7.49. The van der Waals surface area contributed by atoms with Crippen LogP contribution in [0.3, 0.4) is 0 Å². The first-order chi connectivity index (χ1) is 11.5. The molecule has 1 atom stereocenters. The number of H-pyrrole nitrogens is 1. The number of thioether (sulfide) groups is 1. The van der Waals surface area contributed by atoms with Crippen LogP contribution in [0.1, 0.15) is 18.3 Å². The van der Waals surface area contributed by atoms with Crippen molar-refractivity contribution in [3.63, 3.8) is 0 Å². The van der Waals surface area contributed by atoms with Crippen molar-refractivity contribution in [2.75, 3.05) is 30.3 Å². The summed E-state index contributed by atoms with van der Waals surface area (Å²) in [4.78, 5) is 21.1. The van der Waals surface area contributed by atoms with Crippen LogP contribution in [-0.4, -0.2) is 57.4 Å². The van der Waals surface area contributed by atoms with E-state index < -0.39 is 0 Å². The number of benzene rings is 1. The fraction of sp³-hybridized carbons (Fsp3) is 0.471. The van der Waals surface area contributed by atoms with Crippen LogP contribution in [0.25, 0.3) is 0 Å². The van der Waals surface area contributed by atoms with E-state index in [4.69, 9.17) is 0 Å². The number of piperazine rings is 1. The summed E-state index contributed by atoms with van der Waals surface area (Å²) in [5.74, 6) is 1.30. The van der Waals surface area contributed by atoms with Crippen molar-refractivity contribution in [3.8, 4) is 0 Å². The van der Waals surface area contributed by atoms with E-state index in [-0.39, 0.29) is 11.9 Å². The van der Waals surface area contributed by atoms with Crippen molar-refractivity contribution in [3.05, 3.63) is 35.7 Å². The third-order valence-corrected chi connectivity index (χ3v) is 5.14. The standard InChI is InChI=1S/C17H23N5OS/c1-12-6-4-5-7-15(12)21-8-9-22(13(2)10-21)16(23)11-24-17-18-14(3)19-20-17/h4-7,13H,8-11H2,1-3H3,(H,18,19,20)/t13-/m1/s1. The average Bonchev–Trinajstić information content (AvgIpc) is 2.98. The van der Waals surface area contributed by atoms with E-state index in [2.05, 4.69) is 58.2 Å². The van der Waals surface area contributed by atoms with Crippen molar-refractivity contribution >= 4 is 23.4 Å². The Hall–Kier alpha value is -2.02. The molecule has 0 spiro atoms. The predicted molar refractivity (Wildman–Crippen MR) is 96.4 cm³/mol. The van der Waals surface area contributed by atoms with Gasteiger partial charge in [-0.3, -0.25) is 9.89 Å². The Morgan fingerprint density at radius 1 is 1.33 bits per heavy atom. The molecule has 0 radical (unpaired) electrons. The average molecular weight is 345 g/mol. The van der Waals surface area contributed by atoms with Crippen LogP contribution in [0.2, 0.25) is 0 Å². The molecule has 2 heterocycles. The highest BCUT2D eigenvalue weighted by molar-refractivity contribution is 7.99. The third kappa shape index (κ3) is 3.72. The number of aromatic amines is 1. The Bertz CT molecular complexity index is 717. The van der Waals surface area contributed by atoms with E-state index in [1.54, 1.807) is 0 Å². The highest BCUT2D eigenvalue weighted by Gasteiger charge is 2.28. The fourth-order valence-corrected chi connectivity index (χ4v) is 3.79. The maximum Gasteiger partial charge on any atom is 0.233 e. The molecule has 1 fully saturated rings. The van der Waals surface area contributed by atoms with E-state index in [1.165, 1.54) is 23.0 Å². The smallest absolute Gasteiger partial charge is 0.233 e. The number of aryl methyl sites for hydroxylation is 2. The Balaban J connectivity index is 1.57. The lowest BCUT2D eigenvalue weighted by Crippen LogP contribution is -2.54. The van der Waals surface area contributed by atoms with E-state index in [1.807, 2.05) is 11.8 Å². The Morgan fingerprint density at radius 2 is 2.12 bits per heavy atom. The number of nitrogens with one attached hydrogen (secondary N) is 1. The van der Waals surface area contributed by atoms with Gasteiger partial charge in [-0.15, -0.1) is 5.10 Å². The number of carbonyl (C=O) groups excluding carboxylic acids is 1. The second kappa shape index (κ2) is 7.25. The van der Waals surface area contributed by atoms with Crippen molar-refractivity contribution < 1.29 is 4.79 Å². The molecular formula is C17H23N5OS. The normalized spacial score (nSPS) is 18.0. The van der Waals surface area contributed by atoms with Crippen molar-refractivity contribution in [2.45, 2.75) is 32.0 Å². The fourth-order valence-electron chi connectivity index (χ4n) is 3.06. The van der Waals surface area contributed by atoms with Gasteiger partial charge in [0.25, 0.3) is 0 Å². The first kappa shape index (κ1) is 16.8. The van der Waals surface area contributed by atoms with E-state index in [0.29, 0.717) is 10.9 Å². The summed E-state index contributed by atoms with van der Waals surface area (Å²) in [7, 11) is 0. The second-order valence-electron chi connectivity index (χ2n) is 6.16. The molecule has 3 rings (SSSR count). The Morgan fingerprint density at radius 3 is 2.79 bits per heavy atom. The summed E-state index contributed by atoms with van der Waals surface area (Å²) in [6.07, 6.45) is 0. The lowest BCUT2D eigenvalue weighted by Gasteiger charge is -2.41. The lowest BCUT2D eigenvalue weighted by molar-refractivity contribution is -0.130. The number of nitrogens with zero attached hydrogens (tertiary/aromatic N) is 4. The van der Waals surface area contributed by atoms with Crippen molar-refractivity contribution in [1.82, 2.24) is 20.1 Å². The van der Waals surface area contributed by atoms with Crippen LogP contribution in [0.15, 0.2) is 29.4 Å². The number of carbonyl (C=O) groups is 1. The summed E-state index contributed by atoms with van der Waals surface area (Å²) in [6.45, 7) is 8.58. The molecule has 1 aromatic carbocycles. The minimum atomic E-state index is 0.152. The van der Waals surface area contributed by atoms with Crippen molar-refractivity contribution in [2.24, 2.45) is 0 Å². The Labute approximate surface area is 146 Å². The summed E-state index contributed by atoms with van der Waals surface area (Å²) >= 11 is 1.39. The maximum atomic E-state index is 12.5. The number of amides is 1. The van der Waals surface area contributed by atoms with Crippen molar-refractivity contribution in [1.29, 1.82) is 0 Å². The van der Waals surface area contributed by atoms with E-state index >= 15 is 0 Å². The lowest BCUT2D eigenvalue weighted by atomic mass is 10.1. The molecule has 24 heavy (non-hydrogen) atoms. The number of aromatic nitrogens is 3. The predicted octanol–water partition coefficient (Wildman–Crippen LogP) is 2.25. The summed E-state index contributed by atoms with van der Waals surface area (Å²) in [6, 6.07) is 8.61. The molecule has 0 aliphatic carbocycles. The van der Waals surface area contributed by atoms with Gasteiger partial charge in [0.15, 0.2) is 0 Å². The largest absolute Gasteiger partial charge is 0.367 e. The summed E-state index contributed by atoms with van der Waals surface area (Å²) < 4.78 is 0. The zero-order chi connectivity index (χ0) is 17.1. The van der Waals surface area contributed by atoms with E-state index in [9.17, 15) is 4.79 Å². The van der Waals surface area contributed by atoms with Crippen LogP contribution in [0, 0.1) is 13.8 Å². The second-order valence-corrected chi connectivity index (χ2v) is 7.10. The third-order valence-electron chi connectivity index (χ3n) is 4.31. The first-order valence-electron chi connectivity index (χ1n) is 8.16. The molecule has 1 aromatic heterocycles. The minimum absolute atomic E-state index is 0.152. The van der Waals surface area contributed by atoms with Crippen LogP contribution >= 0.6 is 11.8 Å². The van der Waals surface area contributed by atoms with Gasteiger partial charge in [-0.05, 0) is 32.4 Å². The van der Waals surface area contributed by atoms with Gasteiger partial charge >= 0.3 is 0 Å². The molecule has 1 aliphatic rings. The van der Waals surface area contributed by atoms with E-state index in [0.717, 1.165) is 25.5 Å². The molecule has 2 aromatic rings. The van der Waals surface area contributed by atoms with Crippen LogP contribution in [-0.2, 0) is 4.79 Å². The highest BCUT2D eigenvalue weighted by Crippen LogP contribution is 2.23. The van der Waals surface area contributed by atoms with Crippen LogP contribution in [0.4, 0.5) is 5.69 Å². The Kier molecular flexibility index (Phi) is 5.08. The minimum Gasteiger partial charge on any atom is -0.367 e. The number of hydrogen-bond acceptors (Lipinski definition) is 5. The molecule has 1 amide bonds. The summed E-state index contributed by atoms with van der Waals surface area (Å²) in [5.41, 5.74) is 2.54. The van der Waals surface area contributed by atoms with Gasteiger partial charge in [-0.25, -0.2) is 4.98 Å². The molecule has 7 heteroatoms. The zero-order valence-corrected chi connectivity index (χ0v) is 15.1. The number of rotatable bonds is 4. The van der Waals surface area contributed by atoms with Gasteiger partial charge in [0, 0.05) is 31.4 Å². The number of anilines is 1. The maximum absolute atomic E-state index is 12.5. The number of para-hydroxylation sites is 1. The van der Waals surface area contributed by atoms with Crippen LogP contribution in [0.5, 0.6) is 0 Å². The van der Waals surface area contributed by atoms with Gasteiger partial charge in [-0.2, -0.15) is 0 Å².